The van der Waals surface area contributed by atoms with Crippen LogP contribution in [-0.4, -0.2) is 25.5 Å². The van der Waals surface area contributed by atoms with Crippen LogP contribution in [0.25, 0.3) is 0 Å². The van der Waals surface area contributed by atoms with E-state index >= 15 is 0 Å². The molecule has 1 atom stereocenters. The van der Waals surface area contributed by atoms with E-state index in [1.807, 2.05) is 6.92 Å². The first kappa shape index (κ1) is 14.0. The van der Waals surface area contributed by atoms with Gasteiger partial charge in [0.25, 0.3) is 0 Å². The number of unbranched alkanes of at least 4 members (excludes halogenated alkanes) is 1. The first-order valence-electron chi connectivity index (χ1n) is 6.49. The maximum Gasteiger partial charge on any atom is 0.153 e. The Labute approximate surface area is 99.7 Å². The van der Waals surface area contributed by atoms with Crippen LogP contribution in [0.4, 0.5) is 0 Å². The minimum Gasteiger partial charge on any atom is -0.328 e. The number of rotatable bonds is 6. The SMILES string of the molecule is CC(N)CCCCS(=O)(=O)C1CCCCC1. The summed E-state index contributed by atoms with van der Waals surface area (Å²) in [6, 6.07) is 0.192. The highest BCUT2D eigenvalue weighted by Gasteiger charge is 2.26. The van der Waals surface area contributed by atoms with Crippen molar-refractivity contribution in [1.29, 1.82) is 0 Å². The fraction of sp³-hybridized carbons (Fsp3) is 1.00. The largest absolute Gasteiger partial charge is 0.328 e. The molecule has 0 aromatic heterocycles. The first-order chi connectivity index (χ1) is 7.52. The Morgan fingerprint density at radius 1 is 1.19 bits per heavy atom. The Balaban J connectivity index is 2.27. The summed E-state index contributed by atoms with van der Waals surface area (Å²) >= 11 is 0. The normalized spacial score (nSPS) is 20.9. The lowest BCUT2D eigenvalue weighted by atomic mass is 10.0. The van der Waals surface area contributed by atoms with Gasteiger partial charge in [-0.15, -0.1) is 0 Å². The van der Waals surface area contributed by atoms with E-state index in [0.717, 1.165) is 44.9 Å². The molecule has 0 spiro atoms. The third kappa shape index (κ3) is 4.83. The van der Waals surface area contributed by atoms with Gasteiger partial charge in [-0.3, -0.25) is 0 Å². The number of sulfone groups is 1. The summed E-state index contributed by atoms with van der Waals surface area (Å²) in [6.45, 7) is 1.97. The van der Waals surface area contributed by atoms with Crippen LogP contribution < -0.4 is 5.73 Å². The van der Waals surface area contributed by atoms with Crippen molar-refractivity contribution in [2.24, 2.45) is 5.73 Å². The smallest absolute Gasteiger partial charge is 0.153 e. The van der Waals surface area contributed by atoms with Crippen molar-refractivity contribution in [2.45, 2.75) is 69.6 Å². The average Bonchev–Trinajstić information content (AvgIpc) is 2.26. The monoisotopic (exact) mass is 247 g/mol. The van der Waals surface area contributed by atoms with Crippen LogP contribution in [0.2, 0.25) is 0 Å². The van der Waals surface area contributed by atoms with Gasteiger partial charge in [-0.1, -0.05) is 25.7 Å². The fourth-order valence-corrected chi connectivity index (χ4v) is 4.35. The van der Waals surface area contributed by atoms with Crippen LogP contribution in [0.3, 0.4) is 0 Å². The maximum absolute atomic E-state index is 12.0. The van der Waals surface area contributed by atoms with Crippen molar-refractivity contribution in [3.05, 3.63) is 0 Å². The second-order valence-corrected chi connectivity index (χ2v) is 7.50. The van der Waals surface area contributed by atoms with E-state index < -0.39 is 9.84 Å². The van der Waals surface area contributed by atoms with Crippen LogP contribution in [-0.2, 0) is 9.84 Å². The standard InChI is InChI=1S/C12H25NO2S/c1-11(13)7-5-6-10-16(14,15)12-8-3-2-4-9-12/h11-12H,2-10,13H2,1H3. The molecule has 1 aliphatic carbocycles. The van der Waals surface area contributed by atoms with Crippen LogP contribution in [0.15, 0.2) is 0 Å². The molecule has 0 heterocycles. The first-order valence-corrected chi connectivity index (χ1v) is 8.21. The highest BCUT2D eigenvalue weighted by Crippen LogP contribution is 2.24. The minimum absolute atomic E-state index is 0.0449. The molecule has 0 saturated heterocycles. The van der Waals surface area contributed by atoms with Crippen molar-refractivity contribution < 1.29 is 8.42 Å². The number of hydrogen-bond donors (Lipinski definition) is 1. The van der Waals surface area contributed by atoms with Crippen molar-refractivity contribution in [3.8, 4) is 0 Å². The van der Waals surface area contributed by atoms with E-state index in [-0.39, 0.29) is 11.3 Å². The van der Waals surface area contributed by atoms with Crippen LogP contribution in [0, 0.1) is 0 Å². The Morgan fingerprint density at radius 2 is 1.81 bits per heavy atom. The number of hydrogen-bond acceptors (Lipinski definition) is 3. The Bertz CT molecular complexity index is 279. The molecule has 0 amide bonds. The molecule has 0 aromatic carbocycles. The van der Waals surface area contributed by atoms with Gasteiger partial charge < -0.3 is 5.73 Å². The Hall–Kier alpha value is -0.0900. The molecule has 0 radical (unpaired) electrons. The summed E-state index contributed by atoms with van der Waals surface area (Å²) in [7, 11) is -2.82. The molecular weight excluding hydrogens is 222 g/mol. The van der Waals surface area contributed by atoms with Gasteiger partial charge in [-0.05, 0) is 32.6 Å². The second kappa shape index (κ2) is 6.60. The van der Waals surface area contributed by atoms with Gasteiger partial charge in [0.05, 0.1) is 11.0 Å². The summed E-state index contributed by atoms with van der Waals surface area (Å²) in [5.74, 6) is 0.365. The second-order valence-electron chi connectivity index (χ2n) is 5.10. The molecule has 3 nitrogen and oxygen atoms in total. The predicted molar refractivity (Wildman–Crippen MR) is 68.2 cm³/mol. The molecule has 1 rings (SSSR count). The zero-order valence-electron chi connectivity index (χ0n) is 10.3. The fourth-order valence-electron chi connectivity index (χ4n) is 2.36. The molecular formula is C12H25NO2S. The van der Waals surface area contributed by atoms with E-state index in [9.17, 15) is 8.42 Å². The predicted octanol–water partition coefficient (Wildman–Crippen LogP) is 2.25. The lowest BCUT2D eigenvalue weighted by Crippen LogP contribution is -2.26. The third-order valence-electron chi connectivity index (χ3n) is 3.40. The van der Waals surface area contributed by atoms with Gasteiger partial charge in [0.15, 0.2) is 9.84 Å². The van der Waals surface area contributed by atoms with Gasteiger partial charge in [0.2, 0.25) is 0 Å². The van der Waals surface area contributed by atoms with Gasteiger partial charge in [-0.2, -0.15) is 0 Å². The molecule has 96 valence electrons. The van der Waals surface area contributed by atoms with Crippen LogP contribution >= 0.6 is 0 Å². The van der Waals surface area contributed by atoms with Crippen molar-refractivity contribution in [1.82, 2.24) is 0 Å². The van der Waals surface area contributed by atoms with Gasteiger partial charge in [0, 0.05) is 6.04 Å². The maximum atomic E-state index is 12.0. The van der Waals surface area contributed by atoms with E-state index in [1.54, 1.807) is 0 Å². The van der Waals surface area contributed by atoms with E-state index in [0.29, 0.717) is 5.75 Å². The molecule has 0 bridgehead atoms. The topological polar surface area (TPSA) is 60.2 Å². The molecule has 4 heteroatoms. The summed E-state index contributed by atoms with van der Waals surface area (Å²) in [5, 5.41) is -0.0449. The highest BCUT2D eigenvalue weighted by atomic mass is 32.2. The molecule has 1 saturated carbocycles. The highest BCUT2D eigenvalue weighted by molar-refractivity contribution is 7.92. The summed E-state index contributed by atoms with van der Waals surface area (Å²) in [6.07, 6.45) is 7.79. The zero-order chi connectivity index (χ0) is 12.0. The zero-order valence-corrected chi connectivity index (χ0v) is 11.1. The molecule has 0 aliphatic heterocycles. The minimum atomic E-state index is -2.82. The van der Waals surface area contributed by atoms with Crippen molar-refractivity contribution in [3.63, 3.8) is 0 Å². The van der Waals surface area contributed by atoms with E-state index in [2.05, 4.69) is 0 Å². The van der Waals surface area contributed by atoms with Gasteiger partial charge in [0.1, 0.15) is 0 Å². The van der Waals surface area contributed by atoms with Crippen molar-refractivity contribution in [2.75, 3.05) is 5.75 Å². The Kier molecular flexibility index (Phi) is 5.76. The van der Waals surface area contributed by atoms with Gasteiger partial charge >= 0.3 is 0 Å². The molecule has 0 aromatic rings. The van der Waals surface area contributed by atoms with Gasteiger partial charge in [-0.25, -0.2) is 8.42 Å². The third-order valence-corrected chi connectivity index (χ3v) is 5.74. The van der Waals surface area contributed by atoms with Crippen LogP contribution in [0.5, 0.6) is 0 Å². The lowest BCUT2D eigenvalue weighted by molar-refractivity contribution is 0.482. The lowest BCUT2D eigenvalue weighted by Gasteiger charge is -2.21. The number of nitrogens with two attached hydrogens (primary N) is 1. The summed E-state index contributed by atoms with van der Waals surface area (Å²) in [5.41, 5.74) is 5.64. The summed E-state index contributed by atoms with van der Waals surface area (Å²) < 4.78 is 24.0. The summed E-state index contributed by atoms with van der Waals surface area (Å²) in [4.78, 5) is 0. The molecule has 16 heavy (non-hydrogen) atoms. The molecule has 1 unspecified atom stereocenters. The van der Waals surface area contributed by atoms with E-state index in [1.165, 1.54) is 6.42 Å². The quantitative estimate of drug-likeness (QED) is 0.732. The molecule has 1 fully saturated rings. The Morgan fingerprint density at radius 3 is 2.38 bits per heavy atom. The van der Waals surface area contributed by atoms with E-state index in [4.69, 9.17) is 5.73 Å². The molecule has 1 aliphatic rings. The van der Waals surface area contributed by atoms with Crippen LogP contribution in [0.1, 0.15) is 58.3 Å². The molecule has 2 N–H and O–H groups in total. The van der Waals surface area contributed by atoms with Crippen molar-refractivity contribution >= 4 is 9.84 Å². The average molecular weight is 247 g/mol.